The molecule has 2 aromatic carbocycles. The highest BCUT2D eigenvalue weighted by Crippen LogP contribution is 2.23. The standard InChI is InChI=1S/C17H12Cl2O4/c18-14-7-4-12(9-15(14)19)16(20)8-3-11-1-5-13(6-2-11)23-10-17(21)22/h1-9H,10H2,(H,21,22)/b8-3-. The van der Waals surface area contributed by atoms with Gasteiger partial charge in [0.25, 0.3) is 0 Å². The number of carbonyl (C=O) groups is 2. The molecule has 4 nitrogen and oxygen atoms in total. The van der Waals surface area contributed by atoms with Gasteiger partial charge in [-0.15, -0.1) is 0 Å². The molecule has 0 amide bonds. The van der Waals surface area contributed by atoms with Crippen LogP contribution in [0.25, 0.3) is 6.08 Å². The number of carbonyl (C=O) groups excluding carboxylic acids is 1. The Hall–Kier alpha value is -2.30. The van der Waals surface area contributed by atoms with Gasteiger partial charge in [-0.25, -0.2) is 4.79 Å². The topological polar surface area (TPSA) is 63.6 Å². The van der Waals surface area contributed by atoms with E-state index in [1.807, 2.05) is 0 Å². The van der Waals surface area contributed by atoms with Crippen molar-refractivity contribution in [1.29, 1.82) is 0 Å². The molecule has 0 aromatic heterocycles. The van der Waals surface area contributed by atoms with Crippen LogP contribution in [0.4, 0.5) is 0 Å². The number of halogens is 2. The predicted octanol–water partition coefficient (Wildman–Crippen LogP) is 4.35. The number of rotatable bonds is 6. The average molecular weight is 351 g/mol. The second-order valence-electron chi connectivity index (χ2n) is 4.58. The second kappa shape index (κ2) is 7.81. The molecule has 2 rings (SSSR count). The van der Waals surface area contributed by atoms with Crippen molar-refractivity contribution in [2.75, 3.05) is 6.61 Å². The first kappa shape index (κ1) is 17.1. The first-order valence-electron chi connectivity index (χ1n) is 6.58. The number of hydrogen-bond acceptors (Lipinski definition) is 3. The number of hydrogen-bond donors (Lipinski definition) is 1. The van der Waals surface area contributed by atoms with Gasteiger partial charge in [-0.2, -0.15) is 0 Å². The Balaban J connectivity index is 2.03. The quantitative estimate of drug-likeness (QED) is 0.621. The van der Waals surface area contributed by atoms with Gasteiger partial charge in [0.2, 0.25) is 0 Å². The van der Waals surface area contributed by atoms with Gasteiger partial charge in [0.15, 0.2) is 12.4 Å². The molecule has 0 unspecified atom stereocenters. The Morgan fingerprint density at radius 1 is 1.04 bits per heavy atom. The molecule has 118 valence electrons. The lowest BCUT2D eigenvalue weighted by atomic mass is 10.1. The number of aliphatic carboxylic acids is 1. The minimum absolute atomic E-state index is 0.199. The van der Waals surface area contributed by atoms with E-state index < -0.39 is 12.6 Å². The van der Waals surface area contributed by atoms with E-state index in [9.17, 15) is 9.59 Å². The summed E-state index contributed by atoms with van der Waals surface area (Å²) in [6.45, 7) is -0.398. The summed E-state index contributed by atoms with van der Waals surface area (Å²) in [4.78, 5) is 22.5. The van der Waals surface area contributed by atoms with Crippen LogP contribution in [0.15, 0.2) is 48.5 Å². The second-order valence-corrected chi connectivity index (χ2v) is 5.39. The van der Waals surface area contributed by atoms with Crippen molar-refractivity contribution in [3.63, 3.8) is 0 Å². The van der Waals surface area contributed by atoms with Crippen LogP contribution in [-0.4, -0.2) is 23.5 Å². The molecule has 0 atom stereocenters. The minimum Gasteiger partial charge on any atom is -0.482 e. The molecule has 0 saturated heterocycles. The Morgan fingerprint density at radius 2 is 1.74 bits per heavy atom. The van der Waals surface area contributed by atoms with Crippen LogP contribution in [0.2, 0.25) is 10.0 Å². The van der Waals surface area contributed by atoms with E-state index in [4.69, 9.17) is 33.0 Å². The molecule has 2 aromatic rings. The third kappa shape index (κ3) is 5.13. The molecule has 0 spiro atoms. The highest BCUT2D eigenvalue weighted by atomic mass is 35.5. The Morgan fingerprint density at radius 3 is 2.35 bits per heavy atom. The number of allylic oxidation sites excluding steroid dienone is 1. The first-order valence-corrected chi connectivity index (χ1v) is 7.33. The van der Waals surface area contributed by atoms with Crippen LogP contribution in [0, 0.1) is 0 Å². The van der Waals surface area contributed by atoms with Crippen molar-refractivity contribution in [3.05, 3.63) is 69.7 Å². The smallest absolute Gasteiger partial charge is 0.341 e. The summed E-state index contributed by atoms with van der Waals surface area (Å²) < 4.78 is 5.02. The van der Waals surface area contributed by atoms with E-state index in [0.717, 1.165) is 5.56 Å². The summed E-state index contributed by atoms with van der Waals surface area (Å²) in [7, 11) is 0. The Labute approximate surface area is 142 Å². The number of ether oxygens (including phenoxy) is 1. The van der Waals surface area contributed by atoms with E-state index in [1.54, 1.807) is 42.5 Å². The maximum atomic E-state index is 12.0. The van der Waals surface area contributed by atoms with Gasteiger partial charge in [-0.05, 0) is 42.0 Å². The predicted molar refractivity (Wildman–Crippen MR) is 89.4 cm³/mol. The summed E-state index contributed by atoms with van der Waals surface area (Å²) in [5, 5.41) is 9.25. The van der Waals surface area contributed by atoms with E-state index in [-0.39, 0.29) is 5.78 Å². The zero-order valence-corrected chi connectivity index (χ0v) is 13.3. The number of ketones is 1. The van der Waals surface area contributed by atoms with Gasteiger partial charge in [0, 0.05) is 5.56 Å². The summed E-state index contributed by atoms with van der Waals surface area (Å²) >= 11 is 11.7. The molecule has 0 bridgehead atoms. The van der Waals surface area contributed by atoms with E-state index in [0.29, 0.717) is 21.4 Å². The van der Waals surface area contributed by atoms with Crippen molar-refractivity contribution in [3.8, 4) is 5.75 Å². The summed E-state index contributed by atoms with van der Waals surface area (Å²) in [6, 6.07) is 11.4. The molecule has 0 aliphatic rings. The maximum absolute atomic E-state index is 12.0. The van der Waals surface area contributed by atoms with Crippen LogP contribution in [0.1, 0.15) is 15.9 Å². The van der Waals surface area contributed by atoms with Gasteiger partial charge in [-0.3, -0.25) is 4.79 Å². The van der Waals surface area contributed by atoms with Crippen LogP contribution in [-0.2, 0) is 4.79 Å². The summed E-state index contributed by atoms with van der Waals surface area (Å²) in [5.41, 5.74) is 1.22. The van der Waals surface area contributed by atoms with Crippen molar-refractivity contribution in [1.82, 2.24) is 0 Å². The molecular weight excluding hydrogens is 339 g/mol. The van der Waals surface area contributed by atoms with Gasteiger partial charge in [0.05, 0.1) is 10.0 Å². The normalized spacial score (nSPS) is 10.7. The maximum Gasteiger partial charge on any atom is 0.341 e. The Kier molecular flexibility index (Phi) is 5.79. The number of carboxylic acids is 1. The van der Waals surface area contributed by atoms with Crippen molar-refractivity contribution in [2.45, 2.75) is 0 Å². The molecule has 0 radical (unpaired) electrons. The molecule has 23 heavy (non-hydrogen) atoms. The zero-order valence-electron chi connectivity index (χ0n) is 11.8. The fraction of sp³-hybridized carbons (Fsp3) is 0.0588. The fourth-order valence-corrected chi connectivity index (χ4v) is 2.04. The van der Waals surface area contributed by atoms with Gasteiger partial charge < -0.3 is 9.84 Å². The van der Waals surface area contributed by atoms with Crippen molar-refractivity contribution >= 4 is 41.0 Å². The summed E-state index contributed by atoms with van der Waals surface area (Å²) in [6.07, 6.45) is 3.07. The van der Waals surface area contributed by atoms with E-state index in [2.05, 4.69) is 0 Å². The number of carboxylic acid groups (broad SMARTS) is 1. The first-order chi connectivity index (χ1) is 11.0. The Bertz CT molecular complexity index is 752. The molecule has 0 fully saturated rings. The van der Waals surface area contributed by atoms with Crippen molar-refractivity contribution in [2.24, 2.45) is 0 Å². The van der Waals surface area contributed by atoms with E-state index >= 15 is 0 Å². The van der Waals surface area contributed by atoms with E-state index in [1.165, 1.54) is 12.1 Å². The third-order valence-electron chi connectivity index (χ3n) is 2.87. The monoisotopic (exact) mass is 350 g/mol. The fourth-order valence-electron chi connectivity index (χ4n) is 1.74. The molecule has 0 aliphatic heterocycles. The summed E-state index contributed by atoms with van der Waals surface area (Å²) in [5.74, 6) is -0.795. The van der Waals surface area contributed by atoms with Crippen molar-refractivity contribution < 1.29 is 19.4 Å². The number of benzene rings is 2. The molecule has 6 heteroatoms. The third-order valence-corrected chi connectivity index (χ3v) is 3.61. The highest BCUT2D eigenvalue weighted by molar-refractivity contribution is 6.42. The van der Waals surface area contributed by atoms with Gasteiger partial charge in [-0.1, -0.05) is 41.4 Å². The average Bonchev–Trinajstić information content (AvgIpc) is 2.54. The largest absolute Gasteiger partial charge is 0.482 e. The zero-order chi connectivity index (χ0) is 16.8. The lowest BCUT2D eigenvalue weighted by Gasteiger charge is -2.03. The van der Waals surface area contributed by atoms with Crippen LogP contribution in [0.3, 0.4) is 0 Å². The molecule has 0 aliphatic carbocycles. The lowest BCUT2D eigenvalue weighted by molar-refractivity contribution is -0.139. The minimum atomic E-state index is -1.04. The molecule has 0 saturated carbocycles. The molecule has 0 heterocycles. The lowest BCUT2D eigenvalue weighted by Crippen LogP contribution is -2.09. The van der Waals surface area contributed by atoms with Crippen LogP contribution < -0.4 is 4.74 Å². The van der Waals surface area contributed by atoms with Gasteiger partial charge >= 0.3 is 5.97 Å². The van der Waals surface area contributed by atoms with Crippen LogP contribution >= 0.6 is 23.2 Å². The molecule has 1 N–H and O–H groups in total. The van der Waals surface area contributed by atoms with Crippen LogP contribution in [0.5, 0.6) is 5.75 Å². The molecular formula is C17H12Cl2O4. The highest BCUT2D eigenvalue weighted by Gasteiger charge is 2.05. The SMILES string of the molecule is O=C(O)COc1ccc(/C=C\C(=O)c2ccc(Cl)c(Cl)c2)cc1. The van der Waals surface area contributed by atoms with Gasteiger partial charge in [0.1, 0.15) is 5.75 Å².